The van der Waals surface area contributed by atoms with Crippen LogP contribution in [0.25, 0.3) is 33.0 Å². The minimum Gasteiger partial charge on any atom is -0.430 e. The Morgan fingerprint density at radius 2 is 1.70 bits per heavy atom. The third-order valence-electron chi connectivity index (χ3n) is 7.61. The summed E-state index contributed by atoms with van der Waals surface area (Å²) >= 11 is 0. The van der Waals surface area contributed by atoms with E-state index in [9.17, 15) is 9.59 Å². The highest BCUT2D eigenvalue weighted by atomic mass is 16.5. The molecule has 1 aliphatic heterocycles. The van der Waals surface area contributed by atoms with Gasteiger partial charge in [0.15, 0.2) is 5.58 Å². The van der Waals surface area contributed by atoms with Crippen LogP contribution >= 0.6 is 0 Å². The van der Waals surface area contributed by atoms with Gasteiger partial charge in [0.25, 0.3) is 5.89 Å². The Balaban J connectivity index is 1.26. The maximum Gasteiger partial charge on any atom is 0.323 e. The molecule has 5 aromatic rings. The van der Waals surface area contributed by atoms with Crippen LogP contribution in [0.3, 0.4) is 0 Å². The lowest BCUT2D eigenvalue weighted by molar-refractivity contribution is 0.0336. The largest absolute Gasteiger partial charge is 0.430 e. The molecule has 1 aliphatic rings. The monoisotopic (exact) mass is 578 g/mol. The first-order valence-electron chi connectivity index (χ1n) is 14.3. The third kappa shape index (κ3) is 6.06. The summed E-state index contributed by atoms with van der Waals surface area (Å²) in [6, 6.07) is 19.2. The summed E-state index contributed by atoms with van der Waals surface area (Å²) in [5, 5.41) is 7.75. The van der Waals surface area contributed by atoms with Crippen molar-refractivity contribution >= 4 is 45.2 Å². The van der Waals surface area contributed by atoms with Crippen LogP contribution in [0.5, 0.6) is 0 Å². The van der Waals surface area contributed by atoms with Crippen molar-refractivity contribution in [2.24, 2.45) is 5.73 Å². The molecule has 1 fully saturated rings. The first kappa shape index (κ1) is 28.3. The van der Waals surface area contributed by atoms with Crippen molar-refractivity contribution in [1.29, 1.82) is 0 Å². The van der Waals surface area contributed by atoms with E-state index in [1.807, 2.05) is 75.5 Å². The van der Waals surface area contributed by atoms with E-state index in [4.69, 9.17) is 19.9 Å². The number of anilines is 2. The van der Waals surface area contributed by atoms with Gasteiger partial charge in [0.2, 0.25) is 0 Å². The number of ether oxygens (including phenoxy) is 1. The minimum atomic E-state index is -0.780. The number of carbonyl (C=O) groups excluding carboxylic acids is 2. The van der Waals surface area contributed by atoms with E-state index in [0.717, 1.165) is 66.0 Å². The zero-order valence-corrected chi connectivity index (χ0v) is 24.4. The Labute approximate surface area is 249 Å². The predicted octanol–water partition coefficient (Wildman–Crippen LogP) is 5.92. The number of nitrogens with zero attached hydrogens (tertiary/aromatic N) is 3. The second-order valence-corrected chi connectivity index (χ2v) is 11.7. The zero-order valence-electron chi connectivity index (χ0n) is 24.4. The average molecular weight is 579 g/mol. The Bertz CT molecular complexity index is 1820. The molecule has 3 amide bonds. The van der Waals surface area contributed by atoms with E-state index < -0.39 is 11.9 Å². The molecule has 0 atom stereocenters. The lowest BCUT2D eigenvalue weighted by Gasteiger charge is -2.26. The van der Waals surface area contributed by atoms with E-state index in [1.165, 1.54) is 0 Å². The molecular weight excluding hydrogens is 544 g/mol. The zero-order chi connectivity index (χ0) is 30.1. The fourth-order valence-corrected chi connectivity index (χ4v) is 5.27. The highest BCUT2D eigenvalue weighted by Crippen LogP contribution is 2.35. The van der Waals surface area contributed by atoms with Crippen LogP contribution in [0, 0.1) is 0 Å². The Hall–Kier alpha value is -4.80. The van der Waals surface area contributed by atoms with Crippen molar-refractivity contribution in [2.45, 2.75) is 32.7 Å². The van der Waals surface area contributed by atoms with Gasteiger partial charge in [-0.05, 0) is 46.2 Å². The number of fused-ring (bicyclic) bond motifs is 2. The van der Waals surface area contributed by atoms with Crippen LogP contribution in [0.1, 0.15) is 42.7 Å². The molecule has 6 rings (SSSR count). The standard InChI is InChI=1S/C33H34N6O4/c1-33(2,3)21-16-27-29(43-31(36-27)30(34)40)28(17-21)38-32(41)37-26-11-10-23(24-6-4-5-7-25(24)26)20-8-9-22(35-18-20)19-39-12-14-42-15-13-39/h4-11,16-18H,12-15,19H2,1-3H3,(H2,34,40)(H2,37,38,41). The molecule has 0 radical (unpaired) electrons. The quantitative estimate of drug-likeness (QED) is 0.228. The average Bonchev–Trinajstić information content (AvgIpc) is 3.43. The minimum absolute atomic E-state index is 0.213. The number of carbonyl (C=O) groups is 2. The summed E-state index contributed by atoms with van der Waals surface area (Å²) in [7, 11) is 0. The molecule has 0 saturated carbocycles. The van der Waals surface area contributed by atoms with Crippen molar-refractivity contribution in [2.75, 3.05) is 36.9 Å². The van der Waals surface area contributed by atoms with Crippen LogP contribution < -0.4 is 16.4 Å². The molecule has 10 heteroatoms. The van der Waals surface area contributed by atoms with Crippen molar-refractivity contribution < 1.29 is 18.7 Å². The van der Waals surface area contributed by atoms with E-state index in [-0.39, 0.29) is 16.9 Å². The van der Waals surface area contributed by atoms with Gasteiger partial charge in [-0.1, -0.05) is 57.2 Å². The fraction of sp³-hybridized carbons (Fsp3) is 0.273. The molecule has 0 aliphatic carbocycles. The fourth-order valence-electron chi connectivity index (χ4n) is 5.27. The number of nitrogens with two attached hydrogens (primary N) is 1. The van der Waals surface area contributed by atoms with Crippen molar-refractivity contribution in [3.05, 3.63) is 84.0 Å². The van der Waals surface area contributed by atoms with Crippen LogP contribution in [-0.4, -0.2) is 53.1 Å². The van der Waals surface area contributed by atoms with Crippen LogP contribution in [0.4, 0.5) is 16.2 Å². The molecule has 0 unspecified atom stereocenters. The second kappa shape index (κ2) is 11.5. The molecule has 0 bridgehead atoms. The van der Waals surface area contributed by atoms with Crippen LogP contribution in [0.2, 0.25) is 0 Å². The number of urea groups is 1. The number of nitrogens with one attached hydrogen (secondary N) is 2. The SMILES string of the molecule is CC(C)(C)c1cc(NC(=O)Nc2ccc(-c3ccc(CN4CCOCC4)nc3)c3ccccc23)c2oc(C(N)=O)nc2c1. The topological polar surface area (TPSA) is 136 Å². The number of morpholine rings is 1. The third-order valence-corrected chi connectivity index (χ3v) is 7.61. The van der Waals surface area contributed by atoms with Gasteiger partial charge in [-0.15, -0.1) is 0 Å². The first-order chi connectivity index (χ1) is 20.7. The Morgan fingerprint density at radius 1 is 0.953 bits per heavy atom. The van der Waals surface area contributed by atoms with E-state index in [2.05, 4.69) is 32.7 Å². The van der Waals surface area contributed by atoms with Gasteiger partial charge in [-0.2, -0.15) is 0 Å². The summed E-state index contributed by atoms with van der Waals surface area (Å²) in [6.07, 6.45) is 1.91. The Morgan fingerprint density at radius 3 is 2.40 bits per heavy atom. The Kier molecular flexibility index (Phi) is 7.55. The molecular formula is C33H34N6O4. The number of rotatable bonds is 6. The number of hydrogen-bond acceptors (Lipinski definition) is 7. The molecule has 10 nitrogen and oxygen atoms in total. The molecule has 3 heterocycles. The maximum atomic E-state index is 13.3. The highest BCUT2D eigenvalue weighted by molar-refractivity contribution is 6.11. The van der Waals surface area contributed by atoms with Gasteiger partial charge in [0, 0.05) is 36.8 Å². The summed E-state index contributed by atoms with van der Waals surface area (Å²) in [5.41, 5.74) is 10.9. The smallest absolute Gasteiger partial charge is 0.323 e. The van der Waals surface area contributed by atoms with E-state index >= 15 is 0 Å². The summed E-state index contributed by atoms with van der Waals surface area (Å²) in [6.45, 7) is 10.3. The van der Waals surface area contributed by atoms with Gasteiger partial charge < -0.3 is 25.5 Å². The summed E-state index contributed by atoms with van der Waals surface area (Å²) < 4.78 is 11.1. The van der Waals surface area contributed by atoms with Gasteiger partial charge in [0.1, 0.15) is 5.52 Å². The van der Waals surface area contributed by atoms with Crippen LogP contribution in [-0.2, 0) is 16.7 Å². The number of benzene rings is 3. The number of amides is 3. The second-order valence-electron chi connectivity index (χ2n) is 11.7. The number of pyridine rings is 1. The number of primary amides is 1. The molecule has 0 spiro atoms. The van der Waals surface area contributed by atoms with Crippen molar-refractivity contribution in [1.82, 2.24) is 14.9 Å². The molecule has 3 aromatic carbocycles. The predicted molar refractivity (Wildman–Crippen MR) is 167 cm³/mol. The van der Waals surface area contributed by atoms with E-state index in [1.54, 1.807) is 0 Å². The summed E-state index contributed by atoms with van der Waals surface area (Å²) in [5.74, 6) is -0.993. The maximum absolute atomic E-state index is 13.3. The van der Waals surface area contributed by atoms with Gasteiger partial charge in [0.05, 0.1) is 30.3 Å². The molecule has 220 valence electrons. The van der Waals surface area contributed by atoms with Crippen LogP contribution in [0.15, 0.2) is 71.3 Å². The number of oxazole rings is 1. The molecule has 4 N–H and O–H groups in total. The van der Waals surface area contributed by atoms with E-state index in [0.29, 0.717) is 16.9 Å². The first-order valence-corrected chi connectivity index (χ1v) is 14.3. The van der Waals surface area contributed by atoms with Gasteiger partial charge >= 0.3 is 11.9 Å². The normalized spacial score (nSPS) is 14.2. The van der Waals surface area contributed by atoms with Gasteiger partial charge in [-0.3, -0.25) is 14.7 Å². The lowest BCUT2D eigenvalue weighted by atomic mass is 9.86. The highest BCUT2D eigenvalue weighted by Gasteiger charge is 2.22. The van der Waals surface area contributed by atoms with Crippen molar-refractivity contribution in [3.8, 4) is 11.1 Å². The van der Waals surface area contributed by atoms with Gasteiger partial charge in [-0.25, -0.2) is 9.78 Å². The van der Waals surface area contributed by atoms with Crippen molar-refractivity contribution in [3.63, 3.8) is 0 Å². The number of hydrogen-bond donors (Lipinski definition) is 3. The molecule has 2 aromatic heterocycles. The molecule has 1 saturated heterocycles. The molecule has 43 heavy (non-hydrogen) atoms. The number of aromatic nitrogens is 2. The lowest BCUT2D eigenvalue weighted by Crippen LogP contribution is -2.35. The summed E-state index contributed by atoms with van der Waals surface area (Å²) in [4.78, 5) is 36.4.